The van der Waals surface area contributed by atoms with Crippen LogP contribution in [0, 0.1) is 19.8 Å². The summed E-state index contributed by atoms with van der Waals surface area (Å²) in [7, 11) is 0. The average molecular weight is 242 g/mol. The van der Waals surface area contributed by atoms with Crippen LogP contribution in [-0.2, 0) is 0 Å². The molecule has 0 aliphatic rings. The lowest BCUT2D eigenvalue weighted by molar-refractivity contribution is 0.540. The van der Waals surface area contributed by atoms with Gasteiger partial charge in [0.15, 0.2) is 0 Å². The van der Waals surface area contributed by atoms with Crippen LogP contribution in [-0.4, -0.2) is 21.9 Å². The van der Waals surface area contributed by atoms with Gasteiger partial charge in [0, 0.05) is 23.3 Å². The Hall–Kier alpha value is -0.830. The van der Waals surface area contributed by atoms with Gasteiger partial charge in [0.25, 0.3) is 0 Å². The van der Waals surface area contributed by atoms with Crippen molar-refractivity contribution in [3.8, 4) is 0 Å². The molecular formula is C12H20ClN3. The lowest BCUT2D eigenvalue weighted by Gasteiger charge is -2.18. The van der Waals surface area contributed by atoms with Gasteiger partial charge in [0.1, 0.15) is 0 Å². The predicted octanol–water partition coefficient (Wildman–Crippen LogP) is 3.16. The number of hydrogen-bond donors (Lipinski definition) is 1. The summed E-state index contributed by atoms with van der Waals surface area (Å²) in [4.78, 5) is 8.70. The number of aromatic nitrogens is 2. The van der Waals surface area contributed by atoms with E-state index in [1.54, 1.807) is 0 Å². The monoisotopic (exact) mass is 241 g/mol. The summed E-state index contributed by atoms with van der Waals surface area (Å²) in [6.45, 7) is 8.31. The predicted molar refractivity (Wildman–Crippen MR) is 69.1 cm³/mol. The summed E-state index contributed by atoms with van der Waals surface area (Å²) in [5, 5.41) is 3.29. The van der Waals surface area contributed by atoms with Crippen molar-refractivity contribution in [2.75, 3.05) is 11.2 Å². The molecule has 1 rings (SSSR count). The van der Waals surface area contributed by atoms with E-state index in [2.05, 4.69) is 29.1 Å². The Kier molecular flexibility index (Phi) is 5.00. The van der Waals surface area contributed by atoms with E-state index in [1.165, 1.54) is 0 Å². The fraction of sp³-hybridized carbons (Fsp3) is 0.667. The Morgan fingerprint density at radius 2 is 1.81 bits per heavy atom. The van der Waals surface area contributed by atoms with Gasteiger partial charge in [-0.15, -0.1) is 11.6 Å². The van der Waals surface area contributed by atoms with Gasteiger partial charge < -0.3 is 5.32 Å². The fourth-order valence-corrected chi connectivity index (χ4v) is 1.91. The summed E-state index contributed by atoms with van der Waals surface area (Å²) in [5.41, 5.74) is 1.96. The molecule has 1 atom stereocenters. The topological polar surface area (TPSA) is 37.8 Å². The lowest BCUT2D eigenvalue weighted by atomic mass is 10.1. The van der Waals surface area contributed by atoms with E-state index in [0.29, 0.717) is 17.7 Å². The van der Waals surface area contributed by atoms with Gasteiger partial charge in [0.05, 0.1) is 0 Å². The molecule has 90 valence electrons. The van der Waals surface area contributed by atoms with Gasteiger partial charge in [-0.05, 0) is 32.3 Å². The second-order valence-electron chi connectivity index (χ2n) is 4.60. The molecule has 0 bridgehead atoms. The Morgan fingerprint density at radius 1 is 1.25 bits per heavy atom. The van der Waals surface area contributed by atoms with Crippen LogP contribution in [0.4, 0.5) is 5.95 Å². The highest BCUT2D eigenvalue weighted by Gasteiger charge is 2.11. The van der Waals surface area contributed by atoms with Crippen molar-refractivity contribution in [2.24, 2.45) is 5.92 Å². The molecule has 1 heterocycles. The maximum absolute atomic E-state index is 5.92. The van der Waals surface area contributed by atoms with E-state index >= 15 is 0 Å². The minimum absolute atomic E-state index is 0.239. The van der Waals surface area contributed by atoms with E-state index in [1.807, 2.05) is 19.9 Å². The number of alkyl halides is 1. The quantitative estimate of drug-likeness (QED) is 0.805. The molecule has 0 spiro atoms. The van der Waals surface area contributed by atoms with E-state index < -0.39 is 0 Å². The zero-order valence-electron chi connectivity index (χ0n) is 10.4. The molecule has 0 aliphatic heterocycles. The first-order valence-electron chi connectivity index (χ1n) is 5.66. The van der Waals surface area contributed by atoms with E-state index in [9.17, 15) is 0 Å². The summed E-state index contributed by atoms with van der Waals surface area (Å²) in [6, 6.07) is 2.20. The normalized spacial score (nSPS) is 12.9. The molecule has 0 saturated carbocycles. The Labute approximate surface area is 103 Å². The molecule has 1 aromatic heterocycles. The fourth-order valence-electron chi connectivity index (χ4n) is 1.70. The molecule has 4 heteroatoms. The average Bonchev–Trinajstić information content (AvgIpc) is 2.14. The van der Waals surface area contributed by atoms with Gasteiger partial charge >= 0.3 is 0 Å². The number of halogens is 1. The maximum Gasteiger partial charge on any atom is 0.223 e. The second kappa shape index (κ2) is 6.04. The molecule has 0 aliphatic carbocycles. The maximum atomic E-state index is 5.92. The van der Waals surface area contributed by atoms with Crippen LogP contribution in [0.2, 0.25) is 0 Å². The van der Waals surface area contributed by atoms with Crippen LogP contribution >= 0.6 is 11.6 Å². The highest BCUT2D eigenvalue weighted by atomic mass is 35.5. The van der Waals surface area contributed by atoms with Gasteiger partial charge in [-0.3, -0.25) is 0 Å². The summed E-state index contributed by atoms with van der Waals surface area (Å²) in [5.74, 6) is 1.88. The van der Waals surface area contributed by atoms with Crippen molar-refractivity contribution < 1.29 is 0 Å². The smallest absolute Gasteiger partial charge is 0.223 e. The molecule has 0 radical (unpaired) electrons. The number of hydrogen-bond acceptors (Lipinski definition) is 3. The molecule has 0 saturated heterocycles. The van der Waals surface area contributed by atoms with E-state index in [4.69, 9.17) is 11.6 Å². The third kappa shape index (κ3) is 4.35. The first-order valence-corrected chi connectivity index (χ1v) is 6.19. The molecule has 1 aromatic rings. The number of nitrogens with one attached hydrogen (secondary N) is 1. The third-order valence-electron chi connectivity index (χ3n) is 2.26. The van der Waals surface area contributed by atoms with E-state index in [0.717, 1.165) is 17.8 Å². The van der Waals surface area contributed by atoms with Crippen molar-refractivity contribution in [1.29, 1.82) is 0 Å². The van der Waals surface area contributed by atoms with E-state index in [-0.39, 0.29) is 6.04 Å². The summed E-state index contributed by atoms with van der Waals surface area (Å²) < 4.78 is 0. The molecule has 16 heavy (non-hydrogen) atoms. The van der Waals surface area contributed by atoms with Gasteiger partial charge in [-0.2, -0.15) is 0 Å². The highest BCUT2D eigenvalue weighted by molar-refractivity contribution is 6.18. The zero-order valence-corrected chi connectivity index (χ0v) is 11.2. The number of rotatable bonds is 5. The Bertz CT molecular complexity index is 319. The first-order chi connectivity index (χ1) is 7.51. The van der Waals surface area contributed by atoms with Crippen molar-refractivity contribution in [2.45, 2.75) is 40.2 Å². The van der Waals surface area contributed by atoms with Crippen LogP contribution in [0.1, 0.15) is 31.7 Å². The van der Waals surface area contributed by atoms with Crippen LogP contribution < -0.4 is 5.32 Å². The molecule has 1 N–H and O–H groups in total. The number of aryl methyl sites for hydroxylation is 2. The standard InChI is InChI=1S/C12H20ClN3/c1-8(2)5-11(7-13)16-12-14-9(3)6-10(4)15-12/h6,8,11H,5,7H2,1-4H3,(H,14,15,16). The largest absolute Gasteiger partial charge is 0.350 e. The molecular weight excluding hydrogens is 222 g/mol. The van der Waals surface area contributed by atoms with Crippen molar-refractivity contribution in [3.63, 3.8) is 0 Å². The SMILES string of the molecule is Cc1cc(C)nc(NC(CCl)CC(C)C)n1. The van der Waals surface area contributed by atoms with Crippen LogP contribution in [0.5, 0.6) is 0 Å². The molecule has 0 amide bonds. The van der Waals surface area contributed by atoms with Crippen LogP contribution in [0.15, 0.2) is 6.07 Å². The minimum Gasteiger partial charge on any atom is -0.350 e. The lowest BCUT2D eigenvalue weighted by Crippen LogP contribution is -2.24. The van der Waals surface area contributed by atoms with Crippen LogP contribution in [0.25, 0.3) is 0 Å². The van der Waals surface area contributed by atoms with Gasteiger partial charge in [-0.25, -0.2) is 9.97 Å². The minimum atomic E-state index is 0.239. The van der Waals surface area contributed by atoms with Crippen molar-refractivity contribution in [3.05, 3.63) is 17.5 Å². The van der Waals surface area contributed by atoms with Crippen molar-refractivity contribution >= 4 is 17.5 Å². The Balaban J connectivity index is 2.69. The third-order valence-corrected chi connectivity index (χ3v) is 2.63. The molecule has 0 fully saturated rings. The van der Waals surface area contributed by atoms with Crippen LogP contribution in [0.3, 0.4) is 0 Å². The number of anilines is 1. The number of nitrogens with zero attached hydrogens (tertiary/aromatic N) is 2. The Morgan fingerprint density at radius 3 is 2.25 bits per heavy atom. The van der Waals surface area contributed by atoms with Gasteiger partial charge in [0.2, 0.25) is 5.95 Å². The molecule has 0 aromatic carbocycles. The zero-order chi connectivity index (χ0) is 12.1. The first kappa shape index (κ1) is 13.2. The van der Waals surface area contributed by atoms with Gasteiger partial charge in [-0.1, -0.05) is 13.8 Å². The van der Waals surface area contributed by atoms with Crippen molar-refractivity contribution in [1.82, 2.24) is 9.97 Å². The second-order valence-corrected chi connectivity index (χ2v) is 4.91. The highest BCUT2D eigenvalue weighted by Crippen LogP contribution is 2.12. The molecule has 3 nitrogen and oxygen atoms in total. The summed E-state index contributed by atoms with van der Waals surface area (Å²) >= 11 is 5.92. The summed E-state index contributed by atoms with van der Waals surface area (Å²) in [6.07, 6.45) is 1.03. The molecule has 1 unspecified atom stereocenters.